The lowest BCUT2D eigenvalue weighted by molar-refractivity contribution is -0.140. The lowest BCUT2D eigenvalue weighted by atomic mass is 10.0. The van der Waals surface area contributed by atoms with Crippen LogP contribution in [-0.4, -0.2) is 57.9 Å². The van der Waals surface area contributed by atoms with Crippen LogP contribution < -0.4 is 22.9 Å². The summed E-state index contributed by atoms with van der Waals surface area (Å²) in [5.41, 5.74) is 20.9. The molecular weight excluding hydrogens is 404 g/mol. The number of hydrogen-bond donors (Lipinski definition) is 7. The van der Waals surface area contributed by atoms with Gasteiger partial charge >= 0.3 is 17.9 Å². The highest BCUT2D eigenvalue weighted by molar-refractivity contribution is 5.85. The molecule has 0 spiro atoms. The number of unbranched alkanes of at least 4 members (excludes halogenated alkanes) is 1. The van der Waals surface area contributed by atoms with Gasteiger partial charge in [0.05, 0.1) is 0 Å². The molecule has 0 aromatic heterocycles. The Kier molecular flexibility index (Phi) is 25.7. The highest BCUT2D eigenvalue weighted by atomic mass is 35.5. The molecule has 0 bridgehead atoms. The van der Waals surface area contributed by atoms with Gasteiger partial charge in [0.25, 0.3) is 0 Å². The molecule has 0 rings (SSSR count). The zero-order valence-electron chi connectivity index (χ0n) is 17.9. The topological polar surface area (TPSA) is 216 Å². The van der Waals surface area contributed by atoms with Crippen LogP contribution in [0.4, 0.5) is 0 Å². The Labute approximate surface area is 179 Å². The van der Waals surface area contributed by atoms with Gasteiger partial charge in [-0.3, -0.25) is 14.4 Å². The van der Waals surface area contributed by atoms with Crippen molar-refractivity contribution in [1.29, 1.82) is 0 Å². The van der Waals surface area contributed by atoms with Crippen LogP contribution in [0.3, 0.4) is 0 Å². The Bertz CT molecular complexity index is 441. The molecule has 0 saturated heterocycles. The summed E-state index contributed by atoms with van der Waals surface area (Å²) in [4.78, 5) is 30.4. The van der Waals surface area contributed by atoms with Gasteiger partial charge in [0.1, 0.15) is 18.1 Å². The molecule has 0 saturated carbocycles. The molecule has 0 radical (unpaired) electrons. The molecule has 0 aliphatic carbocycles. The maximum Gasteiger partial charge on any atom is 0.320 e. The van der Waals surface area contributed by atoms with Crippen LogP contribution in [0, 0.1) is 11.8 Å². The van der Waals surface area contributed by atoms with Crippen molar-refractivity contribution in [2.75, 3.05) is 6.54 Å². The van der Waals surface area contributed by atoms with Crippen LogP contribution in [0.25, 0.3) is 0 Å². The van der Waals surface area contributed by atoms with Crippen molar-refractivity contribution in [3.8, 4) is 0 Å². The lowest BCUT2D eigenvalue weighted by Crippen LogP contribution is -2.36. The molecule has 0 unspecified atom stereocenters. The van der Waals surface area contributed by atoms with Gasteiger partial charge in [-0.2, -0.15) is 0 Å². The molecule has 29 heavy (non-hydrogen) atoms. The Morgan fingerprint density at radius 2 is 1.28 bits per heavy atom. The Balaban J connectivity index is -0.000000159. The fourth-order valence-corrected chi connectivity index (χ4v) is 1.74. The summed E-state index contributed by atoms with van der Waals surface area (Å²) in [7, 11) is 0. The second-order valence-electron chi connectivity index (χ2n) is 7.05. The molecule has 10 nitrogen and oxygen atoms in total. The molecule has 11 N–H and O–H groups in total. The zero-order chi connectivity index (χ0) is 22.9. The Hall–Kier alpha value is -1.46. The highest BCUT2D eigenvalue weighted by Gasteiger charge is 2.17. The van der Waals surface area contributed by atoms with Crippen molar-refractivity contribution >= 4 is 30.3 Å². The summed E-state index contributed by atoms with van der Waals surface area (Å²) in [5, 5.41) is 25.0. The third-order valence-electron chi connectivity index (χ3n) is 3.87. The minimum atomic E-state index is -0.933. The number of carboxylic acid groups (broad SMARTS) is 3. The van der Waals surface area contributed by atoms with E-state index in [1.165, 1.54) is 0 Å². The SMILES string of the molecule is CC(C)C[C@H](N)C(=O)O.CC[C@H](C)[C@H](N)C(=O)O.Cl.NCCCC[C@H](N)C(=O)O. The first kappa shape index (κ1) is 35.0. The monoisotopic (exact) mass is 444 g/mol. The summed E-state index contributed by atoms with van der Waals surface area (Å²) >= 11 is 0. The van der Waals surface area contributed by atoms with E-state index in [0.29, 0.717) is 25.3 Å². The maximum atomic E-state index is 10.2. The van der Waals surface area contributed by atoms with Crippen LogP contribution in [-0.2, 0) is 14.4 Å². The average molecular weight is 445 g/mol. The van der Waals surface area contributed by atoms with Crippen molar-refractivity contribution in [2.24, 2.45) is 34.8 Å². The van der Waals surface area contributed by atoms with E-state index in [2.05, 4.69) is 0 Å². The summed E-state index contributed by atoms with van der Waals surface area (Å²) in [6.45, 7) is 8.25. The van der Waals surface area contributed by atoms with Gasteiger partial charge in [-0.15, -0.1) is 12.4 Å². The first-order valence-electron chi connectivity index (χ1n) is 9.46. The van der Waals surface area contributed by atoms with Gasteiger partial charge in [-0.1, -0.05) is 40.5 Å². The number of halogens is 1. The third kappa shape index (κ3) is 24.5. The molecule has 0 aliphatic rings. The van der Waals surface area contributed by atoms with Gasteiger partial charge < -0.3 is 38.3 Å². The molecule has 0 aromatic rings. The first-order chi connectivity index (χ1) is 12.8. The van der Waals surface area contributed by atoms with E-state index >= 15 is 0 Å². The largest absolute Gasteiger partial charge is 0.480 e. The smallest absolute Gasteiger partial charge is 0.320 e. The number of carboxylic acids is 3. The summed E-state index contributed by atoms with van der Waals surface area (Å²) in [5.74, 6) is -2.33. The van der Waals surface area contributed by atoms with E-state index in [0.717, 1.165) is 19.3 Å². The fourth-order valence-electron chi connectivity index (χ4n) is 1.74. The summed E-state index contributed by atoms with van der Waals surface area (Å²) < 4.78 is 0. The van der Waals surface area contributed by atoms with Crippen molar-refractivity contribution in [1.82, 2.24) is 0 Å². The van der Waals surface area contributed by atoms with Crippen molar-refractivity contribution in [2.45, 2.75) is 77.9 Å². The second-order valence-corrected chi connectivity index (χ2v) is 7.05. The number of carbonyl (C=O) groups is 3. The van der Waals surface area contributed by atoms with Crippen LogP contribution in [0.5, 0.6) is 0 Å². The quantitative estimate of drug-likeness (QED) is 0.222. The van der Waals surface area contributed by atoms with E-state index in [1.54, 1.807) is 0 Å². The van der Waals surface area contributed by atoms with E-state index in [4.69, 9.17) is 38.3 Å². The normalized spacial score (nSPS) is 14.0. The standard InChI is InChI=1S/C6H14N2O2.2C6H13NO2.ClH/c7-4-2-1-3-5(8)6(9)10;1-4(2)3-5(7)6(8)9;1-3-4(2)5(7)6(8)9;/h5H,1-4,7-8H2,(H,9,10);2*4-5H,3,7H2,1-2H3,(H,8,9);1H/t2*5-;4-,5-;/m000./s1. The predicted octanol–water partition coefficient (Wildman–Crippen LogP) is 0.838. The fraction of sp³-hybridized carbons (Fsp3) is 0.833. The van der Waals surface area contributed by atoms with Crippen molar-refractivity contribution in [3.05, 3.63) is 0 Å². The van der Waals surface area contributed by atoms with E-state index in [1.807, 2.05) is 27.7 Å². The second kappa shape index (κ2) is 21.3. The molecule has 11 heteroatoms. The Morgan fingerprint density at radius 3 is 1.48 bits per heavy atom. The van der Waals surface area contributed by atoms with Gasteiger partial charge in [0.15, 0.2) is 0 Å². The molecular formula is C18H41ClN4O6. The number of rotatable bonds is 11. The van der Waals surface area contributed by atoms with Crippen LogP contribution in [0.1, 0.15) is 59.8 Å². The van der Waals surface area contributed by atoms with Gasteiger partial charge in [-0.05, 0) is 37.6 Å². The number of aliphatic carboxylic acids is 3. The van der Waals surface area contributed by atoms with E-state index in [9.17, 15) is 14.4 Å². The molecule has 0 heterocycles. The molecule has 0 aliphatic heterocycles. The van der Waals surface area contributed by atoms with Gasteiger partial charge in [0, 0.05) is 0 Å². The van der Waals surface area contributed by atoms with E-state index in [-0.39, 0.29) is 18.3 Å². The van der Waals surface area contributed by atoms with Crippen LogP contribution in [0.15, 0.2) is 0 Å². The maximum absolute atomic E-state index is 10.2. The molecule has 0 amide bonds. The summed E-state index contributed by atoms with van der Waals surface area (Å²) in [6, 6.07) is -2.11. The number of hydrogen-bond acceptors (Lipinski definition) is 7. The zero-order valence-corrected chi connectivity index (χ0v) is 18.7. The molecule has 4 atom stereocenters. The molecule has 176 valence electrons. The minimum absolute atomic E-state index is 0. The van der Waals surface area contributed by atoms with Crippen LogP contribution in [0.2, 0.25) is 0 Å². The predicted molar refractivity (Wildman–Crippen MR) is 116 cm³/mol. The lowest BCUT2D eigenvalue weighted by Gasteiger charge is -2.11. The van der Waals surface area contributed by atoms with Crippen molar-refractivity contribution in [3.63, 3.8) is 0 Å². The van der Waals surface area contributed by atoms with Gasteiger partial charge in [0.2, 0.25) is 0 Å². The van der Waals surface area contributed by atoms with Gasteiger partial charge in [-0.25, -0.2) is 0 Å². The van der Waals surface area contributed by atoms with Crippen LogP contribution >= 0.6 is 12.4 Å². The molecule has 0 aromatic carbocycles. The first-order valence-corrected chi connectivity index (χ1v) is 9.46. The van der Waals surface area contributed by atoms with Crippen molar-refractivity contribution < 1.29 is 29.7 Å². The minimum Gasteiger partial charge on any atom is -0.480 e. The number of nitrogens with two attached hydrogens (primary N) is 4. The Morgan fingerprint density at radius 1 is 0.828 bits per heavy atom. The highest BCUT2D eigenvalue weighted by Crippen LogP contribution is 2.04. The molecule has 0 fully saturated rings. The third-order valence-corrected chi connectivity index (χ3v) is 3.87. The average Bonchev–Trinajstić information content (AvgIpc) is 2.60. The van der Waals surface area contributed by atoms with E-state index < -0.39 is 36.0 Å². The summed E-state index contributed by atoms with van der Waals surface area (Å²) in [6.07, 6.45) is 3.53.